The van der Waals surface area contributed by atoms with Gasteiger partial charge in [-0.2, -0.15) is 8.78 Å². The van der Waals surface area contributed by atoms with E-state index in [1.807, 2.05) is 0 Å². The van der Waals surface area contributed by atoms with Crippen LogP contribution in [-0.2, 0) is 16.7 Å². The highest BCUT2D eigenvalue weighted by atomic mass is 32.2. The second-order valence-electron chi connectivity index (χ2n) is 5.93. The van der Waals surface area contributed by atoms with Gasteiger partial charge in [0.15, 0.2) is 16.3 Å². The van der Waals surface area contributed by atoms with Gasteiger partial charge in [-0.25, -0.2) is 12.8 Å². The van der Waals surface area contributed by atoms with Gasteiger partial charge in [-0.3, -0.25) is 0 Å². The number of quaternary nitrogens is 1. The summed E-state index contributed by atoms with van der Waals surface area (Å²) in [6.07, 6.45) is -4.25. The number of halogens is 3. The molecule has 1 rings (SSSR count). The first kappa shape index (κ1) is 21.8. The first-order chi connectivity index (χ1) is 10.3. The summed E-state index contributed by atoms with van der Waals surface area (Å²) in [5.41, 5.74) is 1.40. The van der Waals surface area contributed by atoms with Gasteiger partial charge in [-0.1, -0.05) is 30.3 Å². The van der Waals surface area contributed by atoms with Gasteiger partial charge in [0.2, 0.25) is 0 Å². The van der Waals surface area contributed by atoms with Crippen molar-refractivity contribution in [2.45, 2.75) is 24.4 Å². The number of rotatable bonds is 6. The lowest BCUT2D eigenvalue weighted by Crippen LogP contribution is -2.39. The summed E-state index contributed by atoms with van der Waals surface area (Å²) in [5, 5.41) is 3.03. The van der Waals surface area contributed by atoms with E-state index in [0.717, 1.165) is 11.0 Å². The van der Waals surface area contributed by atoms with E-state index in [0.29, 0.717) is 0 Å². The average molecular weight is 357 g/mol. The molecule has 134 valence electrons. The van der Waals surface area contributed by atoms with Crippen LogP contribution in [0.5, 0.6) is 0 Å². The van der Waals surface area contributed by atoms with Crippen molar-refractivity contribution in [2.75, 3.05) is 27.7 Å². The van der Waals surface area contributed by atoms with Crippen LogP contribution in [0, 0.1) is 0 Å². The van der Waals surface area contributed by atoms with Crippen molar-refractivity contribution in [3.05, 3.63) is 35.9 Å². The van der Waals surface area contributed by atoms with E-state index in [9.17, 15) is 26.1 Å². The molecule has 0 heterocycles. The molecule has 0 aliphatic carbocycles. The maximum absolute atomic E-state index is 12.2. The molecular weight excluding hydrogens is 335 g/mol. The molecule has 0 bridgehead atoms. The van der Waals surface area contributed by atoms with Crippen LogP contribution in [-0.4, -0.2) is 61.7 Å². The number of hydrogen-bond donors (Lipinski definition) is 1. The third-order valence-corrected chi connectivity index (χ3v) is 3.50. The Hall–Kier alpha value is -1.16. The van der Waals surface area contributed by atoms with E-state index in [1.54, 1.807) is 0 Å². The standard InChI is InChI=1S/C10H16N.C4H7F3O4S/c1-11(2,3)9-10-7-5-4-6-8-10;5-3(1-2-8)4(6,7)12(9,10)11/h4-8H,9H2,1-3H3;3,8H,1-2H2,(H,9,10,11)/q+1;/p-1. The second-order valence-corrected chi connectivity index (χ2v) is 7.38. The minimum Gasteiger partial charge on any atom is -0.743 e. The number of benzene rings is 1. The fourth-order valence-electron chi connectivity index (χ4n) is 1.57. The minimum atomic E-state index is -5.99. The summed E-state index contributed by atoms with van der Waals surface area (Å²) >= 11 is 0. The molecule has 1 unspecified atom stereocenters. The smallest absolute Gasteiger partial charge is 0.364 e. The van der Waals surface area contributed by atoms with Gasteiger partial charge >= 0.3 is 5.25 Å². The molecule has 0 spiro atoms. The van der Waals surface area contributed by atoms with E-state index < -0.39 is 34.6 Å². The van der Waals surface area contributed by atoms with Gasteiger partial charge in [0.05, 0.1) is 21.1 Å². The van der Waals surface area contributed by atoms with Crippen LogP contribution in [0.3, 0.4) is 0 Å². The Labute approximate surface area is 134 Å². The summed E-state index contributed by atoms with van der Waals surface area (Å²) in [5.74, 6) is 0. The van der Waals surface area contributed by atoms with Crippen molar-refractivity contribution < 1.29 is 35.7 Å². The first-order valence-corrected chi connectivity index (χ1v) is 8.14. The maximum Gasteiger partial charge on any atom is 0.364 e. The molecule has 0 aliphatic heterocycles. The number of aliphatic hydroxyl groups is 1. The number of aliphatic hydroxyl groups excluding tert-OH is 1. The number of nitrogens with zero attached hydrogens (tertiary/aromatic N) is 1. The van der Waals surface area contributed by atoms with Crippen LogP contribution >= 0.6 is 0 Å². The first-order valence-electron chi connectivity index (χ1n) is 6.74. The summed E-state index contributed by atoms with van der Waals surface area (Å²) in [4.78, 5) is 0. The van der Waals surface area contributed by atoms with E-state index in [2.05, 4.69) is 51.5 Å². The SMILES string of the molecule is C[N+](C)(C)Cc1ccccc1.O=S(=O)([O-])C(F)(F)C(F)CCO. The van der Waals surface area contributed by atoms with Gasteiger partial charge in [-0.15, -0.1) is 0 Å². The number of alkyl halides is 3. The highest BCUT2D eigenvalue weighted by molar-refractivity contribution is 7.86. The van der Waals surface area contributed by atoms with Crippen LogP contribution < -0.4 is 0 Å². The molecular formula is C14H22F3NO4S. The zero-order valence-electron chi connectivity index (χ0n) is 13.2. The largest absolute Gasteiger partial charge is 0.743 e. The molecule has 9 heteroatoms. The molecule has 0 aliphatic rings. The Kier molecular flexibility index (Phi) is 8.19. The Bertz CT molecular complexity index is 559. The molecule has 0 saturated carbocycles. The molecule has 23 heavy (non-hydrogen) atoms. The van der Waals surface area contributed by atoms with Crippen molar-refractivity contribution >= 4 is 10.1 Å². The zero-order valence-corrected chi connectivity index (χ0v) is 14.1. The van der Waals surface area contributed by atoms with E-state index >= 15 is 0 Å². The van der Waals surface area contributed by atoms with Gasteiger partial charge in [0.25, 0.3) is 0 Å². The predicted molar refractivity (Wildman–Crippen MR) is 79.4 cm³/mol. The van der Waals surface area contributed by atoms with Crippen molar-refractivity contribution in [3.8, 4) is 0 Å². The van der Waals surface area contributed by atoms with E-state index in [-0.39, 0.29) is 0 Å². The van der Waals surface area contributed by atoms with Crippen molar-refractivity contribution in [3.63, 3.8) is 0 Å². The Morgan fingerprint density at radius 3 is 2.04 bits per heavy atom. The molecule has 5 nitrogen and oxygen atoms in total. The molecule has 1 atom stereocenters. The molecule has 0 radical (unpaired) electrons. The average Bonchev–Trinajstić information content (AvgIpc) is 2.37. The molecule has 0 fully saturated rings. The van der Waals surface area contributed by atoms with Crippen LogP contribution in [0.1, 0.15) is 12.0 Å². The topological polar surface area (TPSA) is 77.4 Å². The third kappa shape index (κ3) is 8.31. The van der Waals surface area contributed by atoms with Crippen LogP contribution in [0.25, 0.3) is 0 Å². The monoisotopic (exact) mass is 357 g/mol. The Morgan fingerprint density at radius 2 is 1.70 bits per heavy atom. The molecule has 1 aromatic rings. The highest BCUT2D eigenvalue weighted by Crippen LogP contribution is 2.28. The van der Waals surface area contributed by atoms with Gasteiger partial charge in [-0.05, 0) is 0 Å². The Balaban J connectivity index is 0.000000422. The maximum atomic E-state index is 12.2. The second kappa shape index (κ2) is 8.62. The van der Waals surface area contributed by atoms with Crippen molar-refractivity contribution in [2.24, 2.45) is 0 Å². The lowest BCUT2D eigenvalue weighted by Gasteiger charge is -2.23. The molecule has 1 N–H and O–H groups in total. The third-order valence-electron chi connectivity index (χ3n) is 2.58. The van der Waals surface area contributed by atoms with Crippen LogP contribution in [0.2, 0.25) is 0 Å². The van der Waals surface area contributed by atoms with Crippen LogP contribution in [0.15, 0.2) is 30.3 Å². The number of hydrogen-bond acceptors (Lipinski definition) is 4. The summed E-state index contributed by atoms with van der Waals surface area (Å²) < 4.78 is 66.7. The fraction of sp³-hybridized carbons (Fsp3) is 0.571. The fourth-order valence-corrected chi connectivity index (χ4v) is 2.00. The van der Waals surface area contributed by atoms with Gasteiger partial charge in [0.1, 0.15) is 6.54 Å². The molecule has 1 aromatic carbocycles. The quantitative estimate of drug-likeness (QED) is 0.621. The van der Waals surface area contributed by atoms with E-state index in [1.165, 1.54) is 5.56 Å². The Morgan fingerprint density at radius 1 is 1.22 bits per heavy atom. The molecule has 0 aromatic heterocycles. The van der Waals surface area contributed by atoms with Gasteiger partial charge in [0, 0.05) is 18.6 Å². The van der Waals surface area contributed by atoms with Crippen molar-refractivity contribution in [1.29, 1.82) is 0 Å². The minimum absolute atomic E-state index is 0.952. The normalized spacial score (nSPS) is 13.9. The molecule has 0 amide bonds. The van der Waals surface area contributed by atoms with Gasteiger partial charge < -0.3 is 14.1 Å². The zero-order chi connectivity index (χ0) is 18.3. The van der Waals surface area contributed by atoms with Crippen molar-refractivity contribution in [1.82, 2.24) is 0 Å². The van der Waals surface area contributed by atoms with Crippen LogP contribution in [0.4, 0.5) is 13.2 Å². The highest BCUT2D eigenvalue weighted by Gasteiger charge is 2.46. The molecule has 0 saturated heterocycles. The lowest BCUT2D eigenvalue weighted by atomic mass is 10.2. The summed E-state index contributed by atoms with van der Waals surface area (Å²) in [6.45, 7) is 0.146. The lowest BCUT2D eigenvalue weighted by molar-refractivity contribution is -0.884. The summed E-state index contributed by atoms with van der Waals surface area (Å²) in [6, 6.07) is 10.6. The van der Waals surface area contributed by atoms with E-state index in [4.69, 9.17) is 5.11 Å². The predicted octanol–water partition coefficient (Wildman–Crippen LogP) is 1.74. The summed E-state index contributed by atoms with van der Waals surface area (Å²) in [7, 11) is 0.611.